The minimum absolute atomic E-state index is 0.0908. The maximum absolute atomic E-state index is 13.0. The fourth-order valence-electron chi connectivity index (χ4n) is 3.52. The summed E-state index contributed by atoms with van der Waals surface area (Å²) < 4.78 is 13.0. The number of hydrogen-bond acceptors (Lipinski definition) is 4. The predicted octanol–water partition coefficient (Wildman–Crippen LogP) is 2.06. The minimum atomic E-state index is -0.259. The molecule has 0 spiro atoms. The Hall–Kier alpha value is -2.54. The van der Waals surface area contributed by atoms with Gasteiger partial charge in [-0.3, -0.25) is 14.5 Å². The predicted molar refractivity (Wildman–Crippen MR) is 101 cm³/mol. The Kier molecular flexibility index (Phi) is 6.01. The van der Waals surface area contributed by atoms with Gasteiger partial charge in [0.25, 0.3) is 5.56 Å². The molecule has 7 heteroatoms. The van der Waals surface area contributed by atoms with Crippen LogP contribution in [0.5, 0.6) is 0 Å². The fourth-order valence-corrected chi connectivity index (χ4v) is 3.52. The van der Waals surface area contributed by atoms with Gasteiger partial charge in [-0.2, -0.15) is 0 Å². The number of amides is 1. The van der Waals surface area contributed by atoms with Crippen molar-refractivity contribution in [2.24, 2.45) is 0 Å². The second-order valence-electron chi connectivity index (χ2n) is 7.21. The van der Waals surface area contributed by atoms with Crippen LogP contribution in [0.2, 0.25) is 0 Å². The fraction of sp³-hybridized carbons (Fsp3) is 0.450. The van der Waals surface area contributed by atoms with Gasteiger partial charge in [0.15, 0.2) is 0 Å². The molecule has 1 aliphatic rings. The van der Waals surface area contributed by atoms with Crippen molar-refractivity contribution in [2.75, 3.05) is 26.7 Å². The van der Waals surface area contributed by atoms with Crippen molar-refractivity contribution in [3.8, 4) is 0 Å². The Bertz CT molecular complexity index is 842. The monoisotopic (exact) mass is 372 g/mol. The second kappa shape index (κ2) is 8.43. The number of halogens is 1. The molecule has 144 valence electrons. The molecule has 1 amide bonds. The van der Waals surface area contributed by atoms with Crippen molar-refractivity contribution in [3.63, 3.8) is 0 Å². The molecular weight excluding hydrogens is 347 g/mol. The molecule has 0 atom stereocenters. The largest absolute Gasteiger partial charge is 0.342 e. The van der Waals surface area contributed by atoms with Gasteiger partial charge in [0, 0.05) is 31.6 Å². The molecule has 1 aliphatic heterocycles. The highest BCUT2D eigenvalue weighted by atomic mass is 19.1. The molecule has 27 heavy (non-hydrogen) atoms. The number of H-pyrrole nitrogens is 1. The average molecular weight is 372 g/mol. The van der Waals surface area contributed by atoms with Crippen LogP contribution in [0.25, 0.3) is 0 Å². The molecule has 3 rings (SSSR count). The number of aryl methyl sites for hydroxylation is 1. The molecular formula is C20H25FN4O2. The summed E-state index contributed by atoms with van der Waals surface area (Å²) >= 11 is 0. The van der Waals surface area contributed by atoms with Crippen LogP contribution in [0.3, 0.4) is 0 Å². The van der Waals surface area contributed by atoms with E-state index in [0.717, 1.165) is 24.1 Å². The van der Waals surface area contributed by atoms with Gasteiger partial charge in [-0.1, -0.05) is 12.1 Å². The lowest BCUT2D eigenvalue weighted by molar-refractivity contribution is -0.133. The van der Waals surface area contributed by atoms with Gasteiger partial charge < -0.3 is 9.88 Å². The van der Waals surface area contributed by atoms with E-state index in [0.29, 0.717) is 32.0 Å². The van der Waals surface area contributed by atoms with Crippen LogP contribution in [0.4, 0.5) is 4.39 Å². The molecule has 1 N–H and O–H groups in total. The van der Waals surface area contributed by atoms with E-state index in [1.807, 2.05) is 16.8 Å². The molecule has 0 bridgehead atoms. The Labute approximate surface area is 158 Å². The number of piperidine rings is 1. The Balaban J connectivity index is 1.50. The van der Waals surface area contributed by atoms with E-state index in [9.17, 15) is 14.0 Å². The molecule has 0 aliphatic carbocycles. The molecule has 1 fully saturated rings. The van der Waals surface area contributed by atoms with E-state index in [1.165, 1.54) is 12.1 Å². The maximum Gasteiger partial charge on any atom is 0.251 e. The van der Waals surface area contributed by atoms with E-state index in [1.54, 1.807) is 25.1 Å². The summed E-state index contributed by atoms with van der Waals surface area (Å²) in [5, 5.41) is 0. The number of likely N-dealkylation sites (N-methyl/N-ethyl adjacent to an activating group) is 1. The maximum atomic E-state index is 13.0. The summed E-state index contributed by atoms with van der Waals surface area (Å²) in [5.74, 6) is 0.670. The van der Waals surface area contributed by atoms with Crippen LogP contribution in [0, 0.1) is 12.7 Å². The number of likely N-dealkylation sites (tertiary alicyclic amines) is 1. The van der Waals surface area contributed by atoms with Crippen molar-refractivity contribution in [1.29, 1.82) is 0 Å². The number of nitrogens with one attached hydrogen (secondary N) is 1. The molecule has 0 unspecified atom stereocenters. The summed E-state index contributed by atoms with van der Waals surface area (Å²) in [5.41, 5.74) is 1.66. The molecule has 1 aromatic heterocycles. The van der Waals surface area contributed by atoms with Crippen LogP contribution >= 0.6 is 0 Å². The summed E-state index contributed by atoms with van der Waals surface area (Å²) in [6.45, 7) is 4.03. The number of nitrogens with zero attached hydrogens (tertiary/aromatic N) is 3. The van der Waals surface area contributed by atoms with Crippen LogP contribution in [0.15, 0.2) is 35.1 Å². The van der Waals surface area contributed by atoms with Gasteiger partial charge in [-0.15, -0.1) is 0 Å². The number of carbonyl (C=O) groups is 1. The summed E-state index contributed by atoms with van der Waals surface area (Å²) in [7, 11) is 1.89. The van der Waals surface area contributed by atoms with Crippen molar-refractivity contribution in [1.82, 2.24) is 19.8 Å². The zero-order valence-electron chi connectivity index (χ0n) is 15.7. The van der Waals surface area contributed by atoms with Gasteiger partial charge in [-0.25, -0.2) is 9.37 Å². The van der Waals surface area contributed by atoms with Gasteiger partial charge in [0.1, 0.15) is 11.6 Å². The molecule has 0 radical (unpaired) electrons. The van der Waals surface area contributed by atoms with Gasteiger partial charge in [0.05, 0.1) is 12.2 Å². The number of rotatable bonds is 5. The SMILES string of the molecule is Cc1nc(C2CCN(C(=O)CN(C)Cc3ccc(F)cc3)CC2)cc(=O)[nH]1. The third-order valence-electron chi connectivity index (χ3n) is 4.92. The van der Waals surface area contributed by atoms with Crippen LogP contribution < -0.4 is 5.56 Å². The van der Waals surface area contributed by atoms with Crippen molar-refractivity contribution >= 4 is 5.91 Å². The van der Waals surface area contributed by atoms with E-state index in [2.05, 4.69) is 9.97 Å². The minimum Gasteiger partial charge on any atom is -0.342 e. The number of hydrogen-bond donors (Lipinski definition) is 1. The molecule has 1 saturated heterocycles. The Morgan fingerprint density at radius 3 is 2.59 bits per heavy atom. The van der Waals surface area contributed by atoms with Gasteiger partial charge in [0.2, 0.25) is 5.91 Å². The van der Waals surface area contributed by atoms with Gasteiger partial charge in [-0.05, 0) is 44.5 Å². The quantitative estimate of drug-likeness (QED) is 0.872. The Morgan fingerprint density at radius 1 is 1.30 bits per heavy atom. The third kappa shape index (κ3) is 5.23. The zero-order chi connectivity index (χ0) is 19.4. The van der Waals surface area contributed by atoms with Gasteiger partial charge >= 0.3 is 0 Å². The highest BCUT2D eigenvalue weighted by Crippen LogP contribution is 2.26. The standard InChI is InChI=1S/C20H25FN4O2/c1-14-22-18(11-19(26)23-14)16-7-9-25(10-8-16)20(27)13-24(2)12-15-3-5-17(21)6-4-15/h3-6,11,16H,7-10,12-13H2,1-2H3,(H,22,23,26). The van der Waals surface area contributed by atoms with E-state index < -0.39 is 0 Å². The molecule has 2 heterocycles. The molecule has 1 aromatic carbocycles. The zero-order valence-corrected chi connectivity index (χ0v) is 15.7. The van der Waals surface area contributed by atoms with Crippen LogP contribution in [0.1, 0.15) is 35.8 Å². The summed E-state index contributed by atoms with van der Waals surface area (Å²) in [6.07, 6.45) is 1.62. The van der Waals surface area contributed by atoms with Crippen molar-refractivity contribution in [3.05, 3.63) is 63.6 Å². The second-order valence-corrected chi connectivity index (χ2v) is 7.21. The number of carbonyl (C=O) groups excluding carboxylic acids is 1. The highest BCUT2D eigenvalue weighted by Gasteiger charge is 2.25. The van der Waals surface area contributed by atoms with E-state index >= 15 is 0 Å². The smallest absolute Gasteiger partial charge is 0.251 e. The summed E-state index contributed by atoms with van der Waals surface area (Å²) in [6, 6.07) is 7.89. The number of aromatic amines is 1. The van der Waals surface area contributed by atoms with Crippen LogP contribution in [-0.4, -0.2) is 52.4 Å². The highest BCUT2D eigenvalue weighted by molar-refractivity contribution is 5.78. The first kappa shape index (κ1) is 19.2. The normalized spacial score (nSPS) is 15.3. The molecule has 6 nitrogen and oxygen atoms in total. The average Bonchev–Trinajstić information content (AvgIpc) is 2.63. The first-order valence-corrected chi connectivity index (χ1v) is 9.19. The topological polar surface area (TPSA) is 69.3 Å². The Morgan fingerprint density at radius 2 is 1.96 bits per heavy atom. The van der Waals surface area contributed by atoms with Crippen LogP contribution in [-0.2, 0) is 11.3 Å². The van der Waals surface area contributed by atoms with E-state index in [4.69, 9.17) is 0 Å². The number of benzene rings is 1. The molecule has 2 aromatic rings. The van der Waals surface area contributed by atoms with Crippen molar-refractivity contribution < 1.29 is 9.18 Å². The lowest BCUT2D eigenvalue weighted by atomic mass is 9.93. The first-order chi connectivity index (χ1) is 12.9. The van der Waals surface area contributed by atoms with E-state index in [-0.39, 0.29) is 23.2 Å². The van der Waals surface area contributed by atoms with Crippen molar-refractivity contribution in [2.45, 2.75) is 32.2 Å². The number of aromatic nitrogens is 2. The third-order valence-corrected chi connectivity index (χ3v) is 4.92. The summed E-state index contributed by atoms with van der Waals surface area (Å²) in [4.78, 5) is 35.1. The first-order valence-electron chi connectivity index (χ1n) is 9.19. The lowest BCUT2D eigenvalue weighted by Crippen LogP contribution is -2.43. The lowest BCUT2D eigenvalue weighted by Gasteiger charge is -2.33. The molecule has 0 saturated carbocycles.